The Labute approximate surface area is 111 Å². The van der Waals surface area contributed by atoms with E-state index in [1.54, 1.807) is 6.07 Å². The number of nitriles is 1. The molecule has 5 nitrogen and oxygen atoms in total. The van der Waals surface area contributed by atoms with Gasteiger partial charge in [0, 0.05) is 12.1 Å². The molecule has 2 rings (SSSR count). The number of carbonyl (C=O) groups is 2. The quantitative estimate of drug-likeness (QED) is 0.800. The third-order valence-corrected chi connectivity index (χ3v) is 3.19. The molecule has 1 saturated heterocycles. The summed E-state index contributed by atoms with van der Waals surface area (Å²) in [5.74, 6) is -0.545. The van der Waals surface area contributed by atoms with Gasteiger partial charge in [0.1, 0.15) is 6.04 Å². The van der Waals surface area contributed by atoms with Crippen LogP contribution in [-0.2, 0) is 16.0 Å². The molecular weight excluding hydrogens is 242 g/mol. The second-order valence-corrected chi connectivity index (χ2v) is 4.49. The van der Waals surface area contributed by atoms with Crippen molar-refractivity contribution in [1.82, 2.24) is 5.32 Å². The van der Waals surface area contributed by atoms with Gasteiger partial charge < -0.3 is 5.32 Å². The SMILES string of the molecule is CCc1ccc(NC2CCC(=O)NC2=O)cc1C#N. The molecule has 5 heteroatoms. The molecule has 1 fully saturated rings. The number of anilines is 1. The molecule has 0 radical (unpaired) electrons. The Balaban J connectivity index is 2.13. The van der Waals surface area contributed by atoms with E-state index in [2.05, 4.69) is 16.7 Å². The van der Waals surface area contributed by atoms with Crippen molar-refractivity contribution in [2.45, 2.75) is 32.2 Å². The smallest absolute Gasteiger partial charge is 0.249 e. The Hall–Kier alpha value is -2.35. The van der Waals surface area contributed by atoms with Crippen molar-refractivity contribution in [3.63, 3.8) is 0 Å². The molecular formula is C14H15N3O2. The van der Waals surface area contributed by atoms with Crippen LogP contribution in [0.1, 0.15) is 30.9 Å². The largest absolute Gasteiger partial charge is 0.374 e. The zero-order chi connectivity index (χ0) is 13.8. The summed E-state index contributed by atoms with van der Waals surface area (Å²) in [5.41, 5.74) is 2.32. The molecule has 1 aromatic carbocycles. The molecule has 1 heterocycles. The summed E-state index contributed by atoms with van der Waals surface area (Å²) >= 11 is 0. The molecule has 0 saturated carbocycles. The Morgan fingerprint density at radius 2 is 2.26 bits per heavy atom. The molecule has 19 heavy (non-hydrogen) atoms. The van der Waals surface area contributed by atoms with Crippen LogP contribution < -0.4 is 10.6 Å². The lowest BCUT2D eigenvalue weighted by molar-refractivity contribution is -0.133. The maximum atomic E-state index is 11.6. The summed E-state index contributed by atoms with van der Waals surface area (Å²) in [4.78, 5) is 22.7. The minimum absolute atomic E-state index is 0.234. The van der Waals surface area contributed by atoms with Crippen LogP contribution >= 0.6 is 0 Å². The van der Waals surface area contributed by atoms with E-state index in [1.807, 2.05) is 19.1 Å². The van der Waals surface area contributed by atoms with Gasteiger partial charge in [-0.15, -0.1) is 0 Å². The summed E-state index contributed by atoms with van der Waals surface area (Å²) in [5, 5.41) is 14.4. The number of hydrogen-bond acceptors (Lipinski definition) is 4. The maximum Gasteiger partial charge on any atom is 0.249 e. The molecule has 1 aliphatic heterocycles. The highest BCUT2D eigenvalue weighted by molar-refractivity contribution is 6.01. The fraction of sp³-hybridized carbons (Fsp3) is 0.357. The second kappa shape index (κ2) is 5.53. The third kappa shape index (κ3) is 2.91. The first kappa shape index (κ1) is 13.1. The van der Waals surface area contributed by atoms with Crippen molar-refractivity contribution in [3.05, 3.63) is 29.3 Å². The van der Waals surface area contributed by atoms with Crippen molar-refractivity contribution in [1.29, 1.82) is 5.26 Å². The Morgan fingerprint density at radius 3 is 2.89 bits per heavy atom. The van der Waals surface area contributed by atoms with Gasteiger partial charge in [0.2, 0.25) is 11.8 Å². The standard InChI is InChI=1S/C14H15N3O2/c1-2-9-3-4-11(7-10(9)8-15)16-12-5-6-13(18)17-14(12)19/h3-4,7,12,16H,2,5-6H2,1H3,(H,17,18,19). The van der Waals surface area contributed by atoms with Gasteiger partial charge in [0.25, 0.3) is 0 Å². The van der Waals surface area contributed by atoms with E-state index in [0.717, 1.165) is 17.7 Å². The van der Waals surface area contributed by atoms with Gasteiger partial charge in [-0.05, 0) is 30.5 Å². The van der Waals surface area contributed by atoms with Crippen molar-refractivity contribution in [2.75, 3.05) is 5.32 Å². The van der Waals surface area contributed by atoms with Crippen LogP contribution in [0, 0.1) is 11.3 Å². The van der Waals surface area contributed by atoms with Crippen molar-refractivity contribution >= 4 is 17.5 Å². The Bertz CT molecular complexity index is 560. The number of amides is 2. The van der Waals surface area contributed by atoms with Crippen molar-refractivity contribution < 1.29 is 9.59 Å². The molecule has 1 aliphatic rings. The summed E-state index contributed by atoms with van der Waals surface area (Å²) in [7, 11) is 0. The zero-order valence-electron chi connectivity index (χ0n) is 10.7. The van der Waals surface area contributed by atoms with Gasteiger partial charge >= 0.3 is 0 Å². The normalized spacial score (nSPS) is 18.6. The lowest BCUT2D eigenvalue weighted by atomic mass is 10.0. The highest BCUT2D eigenvalue weighted by atomic mass is 16.2. The lowest BCUT2D eigenvalue weighted by Gasteiger charge is -2.23. The molecule has 0 aromatic heterocycles. The predicted molar refractivity (Wildman–Crippen MR) is 70.3 cm³/mol. The highest BCUT2D eigenvalue weighted by Gasteiger charge is 2.26. The van der Waals surface area contributed by atoms with Crippen molar-refractivity contribution in [3.8, 4) is 6.07 Å². The highest BCUT2D eigenvalue weighted by Crippen LogP contribution is 2.18. The van der Waals surface area contributed by atoms with Crippen LogP contribution in [0.3, 0.4) is 0 Å². The fourth-order valence-electron chi connectivity index (χ4n) is 2.11. The molecule has 0 bridgehead atoms. The minimum atomic E-state index is -0.420. The average Bonchev–Trinajstić information content (AvgIpc) is 2.41. The van der Waals surface area contributed by atoms with Crippen LogP contribution in [0.15, 0.2) is 18.2 Å². The molecule has 1 atom stereocenters. The number of imide groups is 1. The van der Waals surface area contributed by atoms with Crippen LogP contribution in [0.25, 0.3) is 0 Å². The number of rotatable bonds is 3. The van der Waals surface area contributed by atoms with E-state index in [0.29, 0.717) is 18.4 Å². The molecule has 98 valence electrons. The molecule has 1 unspecified atom stereocenters. The van der Waals surface area contributed by atoms with Gasteiger partial charge in [-0.2, -0.15) is 5.26 Å². The van der Waals surface area contributed by atoms with Gasteiger partial charge in [-0.3, -0.25) is 14.9 Å². The molecule has 2 amide bonds. The minimum Gasteiger partial charge on any atom is -0.374 e. The van der Waals surface area contributed by atoms with E-state index < -0.39 is 6.04 Å². The Morgan fingerprint density at radius 1 is 1.47 bits per heavy atom. The van der Waals surface area contributed by atoms with Crippen LogP contribution in [0.4, 0.5) is 5.69 Å². The average molecular weight is 257 g/mol. The van der Waals surface area contributed by atoms with E-state index >= 15 is 0 Å². The number of aryl methyl sites for hydroxylation is 1. The van der Waals surface area contributed by atoms with Crippen LogP contribution in [0.5, 0.6) is 0 Å². The molecule has 0 spiro atoms. The zero-order valence-corrected chi connectivity index (χ0v) is 10.7. The maximum absolute atomic E-state index is 11.6. The number of piperidine rings is 1. The summed E-state index contributed by atoms with van der Waals surface area (Å²) in [6, 6.07) is 7.20. The molecule has 0 aliphatic carbocycles. The van der Waals surface area contributed by atoms with E-state index in [-0.39, 0.29) is 11.8 Å². The Kier molecular flexibility index (Phi) is 3.81. The monoisotopic (exact) mass is 257 g/mol. The number of nitrogens with one attached hydrogen (secondary N) is 2. The molecule has 2 N–H and O–H groups in total. The third-order valence-electron chi connectivity index (χ3n) is 3.19. The van der Waals surface area contributed by atoms with Gasteiger partial charge in [-0.25, -0.2) is 0 Å². The predicted octanol–water partition coefficient (Wildman–Crippen LogP) is 1.34. The lowest BCUT2D eigenvalue weighted by Crippen LogP contribution is -2.47. The van der Waals surface area contributed by atoms with Crippen LogP contribution in [-0.4, -0.2) is 17.9 Å². The first-order valence-corrected chi connectivity index (χ1v) is 6.27. The molecule has 1 aromatic rings. The van der Waals surface area contributed by atoms with E-state index in [1.165, 1.54) is 0 Å². The first-order valence-electron chi connectivity index (χ1n) is 6.27. The van der Waals surface area contributed by atoms with Gasteiger partial charge in [-0.1, -0.05) is 13.0 Å². The second-order valence-electron chi connectivity index (χ2n) is 4.49. The van der Waals surface area contributed by atoms with Gasteiger partial charge in [0.05, 0.1) is 11.6 Å². The topological polar surface area (TPSA) is 82.0 Å². The van der Waals surface area contributed by atoms with Crippen molar-refractivity contribution in [2.24, 2.45) is 0 Å². The fourth-order valence-corrected chi connectivity index (χ4v) is 2.11. The summed E-state index contributed by atoms with van der Waals surface area (Å²) in [6.07, 6.45) is 1.60. The van der Waals surface area contributed by atoms with Crippen LogP contribution in [0.2, 0.25) is 0 Å². The van der Waals surface area contributed by atoms with E-state index in [4.69, 9.17) is 5.26 Å². The number of hydrogen-bond donors (Lipinski definition) is 2. The number of benzene rings is 1. The first-order chi connectivity index (χ1) is 9.13. The van der Waals surface area contributed by atoms with E-state index in [9.17, 15) is 9.59 Å². The number of carbonyl (C=O) groups excluding carboxylic acids is 2. The summed E-state index contributed by atoms with van der Waals surface area (Å²) in [6.45, 7) is 1.99. The number of nitrogens with zero attached hydrogens (tertiary/aromatic N) is 1. The van der Waals surface area contributed by atoms with Gasteiger partial charge in [0.15, 0.2) is 0 Å². The summed E-state index contributed by atoms with van der Waals surface area (Å²) < 4.78 is 0.